The lowest BCUT2D eigenvalue weighted by Crippen LogP contribution is -2.54. The van der Waals surface area contributed by atoms with E-state index in [2.05, 4.69) is 28.8 Å². The predicted molar refractivity (Wildman–Crippen MR) is 108 cm³/mol. The molecule has 8 heteroatoms. The molecule has 0 bridgehead atoms. The van der Waals surface area contributed by atoms with Gasteiger partial charge in [0.25, 0.3) is 10.0 Å². The van der Waals surface area contributed by atoms with Gasteiger partial charge in [-0.3, -0.25) is 4.72 Å². The van der Waals surface area contributed by atoms with E-state index in [-0.39, 0.29) is 14.9 Å². The summed E-state index contributed by atoms with van der Waals surface area (Å²) in [6.45, 7) is 5.99. The van der Waals surface area contributed by atoms with Crippen molar-refractivity contribution < 1.29 is 8.42 Å². The summed E-state index contributed by atoms with van der Waals surface area (Å²) in [5.74, 6) is 0. The van der Waals surface area contributed by atoms with Crippen molar-refractivity contribution in [2.24, 2.45) is 0 Å². The molecule has 3 rings (SSSR count). The second-order valence-corrected chi connectivity index (χ2v) is 9.02. The maximum atomic E-state index is 12.7. The number of hydrogen-bond donors (Lipinski definition) is 2. The molecule has 26 heavy (non-hydrogen) atoms. The summed E-state index contributed by atoms with van der Waals surface area (Å²) in [6, 6.07) is 12.6. The Morgan fingerprint density at radius 1 is 1.08 bits per heavy atom. The number of hydrogen-bond acceptors (Lipinski definition) is 4. The fourth-order valence-corrected chi connectivity index (χ4v) is 5.02. The van der Waals surface area contributed by atoms with Gasteiger partial charge in [-0.05, 0) is 44.2 Å². The van der Waals surface area contributed by atoms with E-state index in [9.17, 15) is 8.42 Å². The lowest BCUT2D eigenvalue weighted by atomic mass is 10.1. The van der Waals surface area contributed by atoms with Crippen molar-refractivity contribution in [3.8, 4) is 0 Å². The fraction of sp³-hybridized carbons (Fsp3) is 0.333. The fourth-order valence-electron chi connectivity index (χ4n) is 3.21. The summed E-state index contributed by atoms with van der Waals surface area (Å²) in [5, 5.41) is 3.70. The number of rotatable bonds is 4. The summed E-state index contributed by atoms with van der Waals surface area (Å²) >= 11 is 12.0. The average molecular weight is 414 g/mol. The van der Waals surface area contributed by atoms with Crippen LogP contribution in [0.5, 0.6) is 0 Å². The second-order valence-electron chi connectivity index (χ2n) is 6.58. The van der Waals surface area contributed by atoms with Gasteiger partial charge in [-0.15, -0.1) is 0 Å². The molecule has 0 amide bonds. The number of benzene rings is 2. The summed E-state index contributed by atoms with van der Waals surface area (Å²) in [4.78, 5) is 2.21. The van der Waals surface area contributed by atoms with Crippen molar-refractivity contribution in [1.29, 1.82) is 0 Å². The Morgan fingerprint density at radius 2 is 1.73 bits per heavy atom. The maximum Gasteiger partial charge on any atom is 0.263 e. The molecule has 0 aromatic heterocycles. The zero-order chi connectivity index (χ0) is 18.9. The van der Waals surface area contributed by atoms with Crippen LogP contribution in [0.4, 0.5) is 11.4 Å². The number of halogens is 2. The molecule has 2 aromatic carbocycles. The Kier molecular flexibility index (Phi) is 5.67. The van der Waals surface area contributed by atoms with Crippen LogP contribution in [0.3, 0.4) is 0 Å². The molecule has 1 heterocycles. The van der Waals surface area contributed by atoms with E-state index in [1.54, 1.807) is 18.2 Å². The van der Waals surface area contributed by atoms with Gasteiger partial charge in [0.15, 0.2) is 0 Å². The number of nitrogens with zero attached hydrogens (tertiary/aromatic N) is 1. The maximum absolute atomic E-state index is 12.7. The molecule has 140 valence electrons. The van der Waals surface area contributed by atoms with Crippen LogP contribution in [-0.2, 0) is 10.0 Å². The van der Waals surface area contributed by atoms with Crippen molar-refractivity contribution in [2.75, 3.05) is 22.7 Å². The number of piperazine rings is 1. The molecule has 5 nitrogen and oxygen atoms in total. The summed E-state index contributed by atoms with van der Waals surface area (Å²) < 4.78 is 28.0. The second kappa shape index (κ2) is 7.64. The number of nitrogens with one attached hydrogen (secondary N) is 2. The molecule has 0 radical (unpaired) electrons. The molecule has 0 unspecified atom stereocenters. The average Bonchev–Trinajstić information content (AvgIpc) is 2.56. The normalized spacial score (nSPS) is 20.8. The van der Waals surface area contributed by atoms with Gasteiger partial charge in [-0.2, -0.15) is 0 Å². The third-order valence-corrected chi connectivity index (χ3v) is 6.58. The molecule has 2 atom stereocenters. The minimum Gasteiger partial charge on any atom is -0.368 e. The highest BCUT2D eigenvalue weighted by atomic mass is 35.5. The predicted octanol–water partition coefficient (Wildman–Crippen LogP) is 3.98. The highest BCUT2D eigenvalue weighted by molar-refractivity contribution is 7.92. The topological polar surface area (TPSA) is 61.4 Å². The summed E-state index contributed by atoms with van der Waals surface area (Å²) in [6.07, 6.45) is 0. The van der Waals surface area contributed by atoms with Crippen LogP contribution >= 0.6 is 23.2 Å². The van der Waals surface area contributed by atoms with Gasteiger partial charge < -0.3 is 10.2 Å². The zero-order valence-corrected chi connectivity index (χ0v) is 16.9. The first-order valence-corrected chi connectivity index (χ1v) is 10.6. The Balaban J connectivity index is 1.85. The van der Waals surface area contributed by atoms with Crippen LogP contribution in [0.2, 0.25) is 10.0 Å². The van der Waals surface area contributed by atoms with E-state index >= 15 is 0 Å². The van der Waals surface area contributed by atoms with Crippen LogP contribution in [0.1, 0.15) is 13.8 Å². The molecule has 0 spiro atoms. The van der Waals surface area contributed by atoms with Crippen LogP contribution < -0.4 is 14.9 Å². The van der Waals surface area contributed by atoms with E-state index in [0.717, 1.165) is 18.8 Å². The van der Waals surface area contributed by atoms with Crippen molar-refractivity contribution in [1.82, 2.24) is 5.32 Å². The van der Waals surface area contributed by atoms with E-state index in [1.165, 1.54) is 6.07 Å². The van der Waals surface area contributed by atoms with Gasteiger partial charge in [0, 0.05) is 30.9 Å². The first-order valence-electron chi connectivity index (χ1n) is 8.34. The smallest absolute Gasteiger partial charge is 0.263 e. The molecule has 2 N–H and O–H groups in total. The van der Waals surface area contributed by atoms with Crippen LogP contribution in [0, 0.1) is 0 Å². The van der Waals surface area contributed by atoms with Crippen molar-refractivity contribution >= 4 is 44.6 Å². The Morgan fingerprint density at radius 3 is 2.42 bits per heavy atom. The lowest BCUT2D eigenvalue weighted by molar-refractivity contribution is 0.407. The SMILES string of the molecule is C[C@@H]1CN(c2cccc(NS(=O)(=O)c3cccc(Cl)c3Cl)c2)C[C@H](C)N1. The molecule has 1 saturated heterocycles. The molecule has 0 aliphatic carbocycles. The molecule has 1 aliphatic rings. The third kappa shape index (κ3) is 4.26. The molecular weight excluding hydrogens is 393 g/mol. The Bertz CT molecular complexity index is 895. The summed E-state index contributed by atoms with van der Waals surface area (Å²) in [7, 11) is -3.83. The largest absolute Gasteiger partial charge is 0.368 e. The van der Waals surface area contributed by atoms with Crippen LogP contribution in [0.15, 0.2) is 47.4 Å². The van der Waals surface area contributed by atoms with Crippen LogP contribution in [0.25, 0.3) is 0 Å². The van der Waals surface area contributed by atoms with Gasteiger partial charge in [-0.25, -0.2) is 8.42 Å². The van der Waals surface area contributed by atoms with Gasteiger partial charge in [-0.1, -0.05) is 35.3 Å². The molecule has 0 saturated carbocycles. The molecular formula is C18H21Cl2N3O2S. The van der Waals surface area contributed by atoms with Crippen LogP contribution in [-0.4, -0.2) is 33.6 Å². The molecule has 1 aliphatic heterocycles. The highest BCUT2D eigenvalue weighted by Crippen LogP contribution is 2.31. The highest BCUT2D eigenvalue weighted by Gasteiger charge is 2.23. The van der Waals surface area contributed by atoms with E-state index < -0.39 is 10.0 Å². The van der Waals surface area contributed by atoms with Crippen molar-refractivity contribution in [2.45, 2.75) is 30.8 Å². The Labute approximate surface area is 164 Å². The van der Waals surface area contributed by atoms with Crippen molar-refractivity contribution in [3.05, 3.63) is 52.5 Å². The first-order chi connectivity index (χ1) is 12.3. The first kappa shape index (κ1) is 19.3. The number of sulfonamides is 1. The standard InChI is InChI=1S/C18H21Cl2N3O2S/c1-12-10-23(11-13(2)21-12)15-6-3-5-14(9-15)22-26(24,25)17-8-4-7-16(19)18(17)20/h3-9,12-13,21-22H,10-11H2,1-2H3/t12-,13+. The third-order valence-electron chi connectivity index (χ3n) is 4.23. The van der Waals surface area contributed by atoms with Gasteiger partial charge in [0.2, 0.25) is 0 Å². The minimum atomic E-state index is -3.83. The van der Waals surface area contributed by atoms with Gasteiger partial charge in [0.05, 0.1) is 15.7 Å². The van der Waals surface area contributed by atoms with E-state index in [1.807, 2.05) is 18.2 Å². The monoisotopic (exact) mass is 413 g/mol. The van der Waals surface area contributed by atoms with Gasteiger partial charge in [0.1, 0.15) is 4.90 Å². The van der Waals surface area contributed by atoms with Crippen molar-refractivity contribution in [3.63, 3.8) is 0 Å². The van der Waals surface area contributed by atoms with Gasteiger partial charge >= 0.3 is 0 Å². The quantitative estimate of drug-likeness (QED) is 0.795. The lowest BCUT2D eigenvalue weighted by Gasteiger charge is -2.37. The number of anilines is 2. The summed E-state index contributed by atoms with van der Waals surface area (Å²) in [5.41, 5.74) is 1.46. The Hall–Kier alpha value is -1.47. The van der Waals surface area contributed by atoms with E-state index in [0.29, 0.717) is 17.8 Å². The zero-order valence-electron chi connectivity index (χ0n) is 14.5. The molecule has 2 aromatic rings. The minimum absolute atomic E-state index is 0.0163. The molecule has 1 fully saturated rings. The van der Waals surface area contributed by atoms with E-state index in [4.69, 9.17) is 23.2 Å².